The molecule has 2 atom stereocenters. The van der Waals surface area contributed by atoms with Gasteiger partial charge in [0, 0.05) is 19.1 Å². The lowest BCUT2D eigenvalue weighted by Crippen LogP contribution is -2.23. The van der Waals surface area contributed by atoms with E-state index >= 15 is 0 Å². The molecule has 0 aromatic rings. The van der Waals surface area contributed by atoms with Gasteiger partial charge in [0.15, 0.2) is 0 Å². The molecule has 0 spiro atoms. The van der Waals surface area contributed by atoms with E-state index in [-0.39, 0.29) is 6.10 Å². The maximum absolute atomic E-state index is 9.25. The Hall–Kier alpha value is -0.340. The van der Waals surface area contributed by atoms with E-state index in [2.05, 4.69) is 11.5 Å². The number of fused-ring (bicyclic) bond motifs is 1. The van der Waals surface area contributed by atoms with E-state index in [1.165, 1.54) is 5.57 Å². The largest absolute Gasteiger partial charge is 0.392 e. The lowest BCUT2D eigenvalue weighted by atomic mass is 10.1. The van der Waals surface area contributed by atoms with Gasteiger partial charge >= 0.3 is 0 Å². The summed E-state index contributed by atoms with van der Waals surface area (Å²) < 4.78 is 0. The molecule has 0 radical (unpaired) electrons. The van der Waals surface area contributed by atoms with Crippen LogP contribution in [-0.2, 0) is 0 Å². The Labute approximate surface area is 61.1 Å². The molecule has 0 amide bonds. The Morgan fingerprint density at radius 1 is 1.60 bits per heavy atom. The number of rotatable bonds is 0. The van der Waals surface area contributed by atoms with E-state index in [1.807, 2.05) is 0 Å². The van der Waals surface area contributed by atoms with Crippen molar-refractivity contribution in [1.29, 1.82) is 0 Å². The van der Waals surface area contributed by atoms with Gasteiger partial charge in [0.25, 0.3) is 0 Å². The third kappa shape index (κ3) is 0.879. The van der Waals surface area contributed by atoms with E-state index in [9.17, 15) is 5.11 Å². The van der Waals surface area contributed by atoms with Gasteiger partial charge in [-0.15, -0.1) is 0 Å². The lowest BCUT2D eigenvalue weighted by Gasteiger charge is -2.11. The van der Waals surface area contributed by atoms with Gasteiger partial charge in [-0.3, -0.25) is 4.90 Å². The summed E-state index contributed by atoms with van der Waals surface area (Å²) in [5.41, 5.74) is 1.33. The van der Waals surface area contributed by atoms with Crippen LogP contribution in [0.5, 0.6) is 0 Å². The summed E-state index contributed by atoms with van der Waals surface area (Å²) in [6, 6.07) is 0.613. The van der Waals surface area contributed by atoms with Crippen molar-refractivity contribution in [2.24, 2.45) is 0 Å². The molecule has 0 aromatic heterocycles. The van der Waals surface area contributed by atoms with Crippen LogP contribution in [0.4, 0.5) is 0 Å². The van der Waals surface area contributed by atoms with Gasteiger partial charge in [0.05, 0.1) is 6.10 Å². The van der Waals surface area contributed by atoms with Gasteiger partial charge < -0.3 is 5.11 Å². The minimum absolute atomic E-state index is 0.0712. The van der Waals surface area contributed by atoms with Gasteiger partial charge in [-0.05, 0) is 12.8 Å². The molecule has 56 valence electrons. The lowest BCUT2D eigenvalue weighted by molar-refractivity contribution is 0.179. The third-order valence-corrected chi connectivity index (χ3v) is 2.46. The minimum Gasteiger partial charge on any atom is -0.392 e. The van der Waals surface area contributed by atoms with Crippen molar-refractivity contribution in [2.45, 2.75) is 25.0 Å². The highest BCUT2D eigenvalue weighted by Gasteiger charge is 2.35. The first kappa shape index (κ1) is 6.38. The van der Waals surface area contributed by atoms with E-state index in [1.54, 1.807) is 0 Å². The summed E-state index contributed by atoms with van der Waals surface area (Å²) in [6.07, 6.45) is 1.99. The van der Waals surface area contributed by atoms with Crippen LogP contribution in [-0.4, -0.2) is 35.2 Å². The molecule has 10 heavy (non-hydrogen) atoms. The Bertz CT molecular complexity index is 151. The fourth-order valence-corrected chi connectivity index (χ4v) is 2.05. The van der Waals surface area contributed by atoms with Crippen LogP contribution in [0.3, 0.4) is 0 Å². The van der Waals surface area contributed by atoms with Crippen LogP contribution in [0.15, 0.2) is 12.2 Å². The zero-order valence-corrected chi connectivity index (χ0v) is 6.08. The first-order chi connectivity index (χ1) is 4.75. The average molecular weight is 139 g/mol. The van der Waals surface area contributed by atoms with Crippen LogP contribution >= 0.6 is 0 Å². The molecular formula is C8H13NO. The van der Waals surface area contributed by atoms with Crippen LogP contribution < -0.4 is 0 Å². The topological polar surface area (TPSA) is 23.5 Å². The second-order valence-corrected chi connectivity index (χ2v) is 3.43. The maximum Gasteiger partial charge on any atom is 0.0682 e. The fraction of sp³-hybridized carbons (Fsp3) is 0.750. The number of nitrogens with zero attached hydrogens (tertiary/aromatic N) is 1. The zero-order valence-electron chi connectivity index (χ0n) is 6.08. The normalized spacial score (nSPS) is 40.7. The molecule has 0 saturated carbocycles. The molecule has 2 aliphatic rings. The molecule has 2 saturated heterocycles. The molecule has 2 heteroatoms. The number of aliphatic hydroxyl groups excluding tert-OH is 1. The Morgan fingerprint density at radius 3 is 3.10 bits per heavy atom. The molecular weight excluding hydrogens is 126 g/mol. The predicted octanol–water partition coefficient (Wildman–Crippen LogP) is 0.382. The molecule has 0 aliphatic carbocycles. The van der Waals surface area contributed by atoms with E-state index in [4.69, 9.17) is 0 Å². The Balaban J connectivity index is 2.06. The van der Waals surface area contributed by atoms with Gasteiger partial charge in [0.1, 0.15) is 0 Å². The van der Waals surface area contributed by atoms with E-state index < -0.39 is 0 Å². The van der Waals surface area contributed by atoms with Crippen LogP contribution in [0.25, 0.3) is 0 Å². The van der Waals surface area contributed by atoms with Gasteiger partial charge in [0.2, 0.25) is 0 Å². The Kier molecular flexibility index (Phi) is 1.32. The van der Waals surface area contributed by atoms with Gasteiger partial charge in [-0.2, -0.15) is 0 Å². The third-order valence-electron chi connectivity index (χ3n) is 2.46. The SMILES string of the molecule is C=C1C[C@H]2C[C@H](O)CN2C1. The zero-order chi connectivity index (χ0) is 7.14. The highest BCUT2D eigenvalue weighted by atomic mass is 16.3. The molecule has 2 nitrogen and oxygen atoms in total. The van der Waals surface area contributed by atoms with E-state index in [0.717, 1.165) is 25.9 Å². The summed E-state index contributed by atoms with van der Waals surface area (Å²) in [4.78, 5) is 2.33. The highest BCUT2D eigenvalue weighted by Crippen LogP contribution is 2.29. The van der Waals surface area contributed by atoms with Gasteiger partial charge in [-0.25, -0.2) is 0 Å². The second-order valence-electron chi connectivity index (χ2n) is 3.43. The molecule has 2 aliphatic heterocycles. The van der Waals surface area contributed by atoms with Crippen molar-refractivity contribution in [3.8, 4) is 0 Å². The number of hydrogen-bond donors (Lipinski definition) is 1. The molecule has 0 bridgehead atoms. The van der Waals surface area contributed by atoms with Crippen molar-refractivity contribution < 1.29 is 5.11 Å². The summed E-state index contributed by atoms with van der Waals surface area (Å²) in [7, 11) is 0. The van der Waals surface area contributed by atoms with Crippen molar-refractivity contribution in [3.05, 3.63) is 12.2 Å². The predicted molar refractivity (Wildman–Crippen MR) is 39.7 cm³/mol. The van der Waals surface area contributed by atoms with Crippen molar-refractivity contribution >= 4 is 0 Å². The summed E-state index contributed by atoms with van der Waals surface area (Å²) >= 11 is 0. The highest BCUT2D eigenvalue weighted by molar-refractivity contribution is 5.11. The quantitative estimate of drug-likeness (QED) is 0.490. The summed E-state index contributed by atoms with van der Waals surface area (Å²) in [5.74, 6) is 0. The van der Waals surface area contributed by atoms with E-state index in [0.29, 0.717) is 6.04 Å². The number of hydrogen-bond acceptors (Lipinski definition) is 2. The average Bonchev–Trinajstić information content (AvgIpc) is 2.21. The molecule has 2 heterocycles. The van der Waals surface area contributed by atoms with Crippen LogP contribution in [0.1, 0.15) is 12.8 Å². The van der Waals surface area contributed by atoms with Crippen molar-refractivity contribution in [2.75, 3.05) is 13.1 Å². The monoisotopic (exact) mass is 139 g/mol. The van der Waals surface area contributed by atoms with Crippen LogP contribution in [0, 0.1) is 0 Å². The summed E-state index contributed by atoms with van der Waals surface area (Å²) in [6.45, 7) is 5.82. The minimum atomic E-state index is -0.0712. The molecule has 2 fully saturated rings. The molecule has 1 N–H and O–H groups in total. The molecule has 2 rings (SSSR count). The second kappa shape index (κ2) is 2.07. The van der Waals surface area contributed by atoms with Crippen molar-refractivity contribution in [1.82, 2.24) is 4.90 Å². The van der Waals surface area contributed by atoms with Crippen LogP contribution in [0.2, 0.25) is 0 Å². The first-order valence-corrected chi connectivity index (χ1v) is 3.84. The Morgan fingerprint density at radius 2 is 2.40 bits per heavy atom. The van der Waals surface area contributed by atoms with Gasteiger partial charge in [-0.1, -0.05) is 12.2 Å². The first-order valence-electron chi connectivity index (χ1n) is 3.84. The molecule has 0 unspecified atom stereocenters. The smallest absolute Gasteiger partial charge is 0.0682 e. The standard InChI is InChI=1S/C8H13NO/c1-6-2-7-3-8(10)5-9(7)4-6/h7-8,10H,1-5H2/t7-,8-/m0/s1. The number of aliphatic hydroxyl groups is 1. The molecule has 0 aromatic carbocycles. The maximum atomic E-state index is 9.25. The van der Waals surface area contributed by atoms with Crippen molar-refractivity contribution in [3.63, 3.8) is 0 Å². The fourth-order valence-electron chi connectivity index (χ4n) is 2.05. The summed E-state index contributed by atoms with van der Waals surface area (Å²) in [5, 5.41) is 9.25.